The molecule has 0 radical (unpaired) electrons. The molecule has 1 aromatic rings. The molecule has 0 spiro atoms. The van der Waals surface area contributed by atoms with E-state index in [4.69, 9.17) is 0 Å². The number of carbonyl (C=O) groups is 1. The van der Waals surface area contributed by atoms with Crippen LogP contribution in [0.25, 0.3) is 0 Å². The normalized spacial score (nSPS) is 12.0. The predicted octanol–water partition coefficient (Wildman–Crippen LogP) is 1.10. The van der Waals surface area contributed by atoms with E-state index in [1.54, 1.807) is 19.2 Å². The van der Waals surface area contributed by atoms with Gasteiger partial charge in [-0.3, -0.25) is 9.78 Å². The number of aliphatic hydroxyl groups excluding tert-OH is 1. The van der Waals surface area contributed by atoms with Crippen LogP contribution in [-0.4, -0.2) is 36.1 Å². The quantitative estimate of drug-likeness (QED) is 0.794. The fourth-order valence-electron chi connectivity index (χ4n) is 1.50. The summed E-state index contributed by atoms with van der Waals surface area (Å²) in [6, 6.07) is 3.61. The molecule has 0 aliphatic carbocycles. The van der Waals surface area contributed by atoms with Gasteiger partial charge in [-0.1, -0.05) is 6.92 Å². The van der Waals surface area contributed by atoms with E-state index in [1.165, 1.54) is 0 Å². The van der Waals surface area contributed by atoms with Gasteiger partial charge in [-0.2, -0.15) is 0 Å². The molecule has 100 valence electrons. The summed E-state index contributed by atoms with van der Waals surface area (Å²) in [4.78, 5) is 17.5. The number of nitrogens with zero attached hydrogens (tertiary/aromatic N) is 2. The van der Waals surface area contributed by atoms with Crippen LogP contribution in [0, 0.1) is 0 Å². The van der Waals surface area contributed by atoms with Crippen molar-refractivity contribution in [1.29, 1.82) is 0 Å². The Hall–Kier alpha value is -1.62. The summed E-state index contributed by atoms with van der Waals surface area (Å²) < 4.78 is 0. The van der Waals surface area contributed by atoms with Gasteiger partial charge in [0.25, 0.3) is 0 Å². The number of aliphatic hydroxyl groups is 1. The minimum absolute atomic E-state index is 0.000970. The summed E-state index contributed by atoms with van der Waals surface area (Å²) in [6.07, 6.45) is 2.02. The first-order chi connectivity index (χ1) is 8.54. The Bertz CT molecular complexity index is 376. The van der Waals surface area contributed by atoms with Crippen molar-refractivity contribution in [1.82, 2.24) is 10.3 Å². The fourth-order valence-corrected chi connectivity index (χ4v) is 1.50. The number of nitrogens with one attached hydrogen (secondary N) is 1. The molecule has 0 aliphatic heterocycles. The van der Waals surface area contributed by atoms with Gasteiger partial charge < -0.3 is 15.3 Å². The molecule has 5 heteroatoms. The van der Waals surface area contributed by atoms with Gasteiger partial charge in [-0.05, 0) is 25.5 Å². The highest BCUT2D eigenvalue weighted by Gasteiger charge is 2.08. The van der Waals surface area contributed by atoms with Crippen LogP contribution < -0.4 is 10.2 Å². The average molecular weight is 251 g/mol. The highest BCUT2D eigenvalue weighted by atomic mass is 16.3. The van der Waals surface area contributed by atoms with E-state index >= 15 is 0 Å². The van der Waals surface area contributed by atoms with Gasteiger partial charge in [0.1, 0.15) is 0 Å². The standard InChI is InChI=1S/C13H21N3O2/c1-4-7-14-13(18)9-16(3)11-5-6-12(10(2)17)15-8-11/h5-6,8,10,17H,4,7,9H2,1-3H3,(H,14,18). The molecular weight excluding hydrogens is 230 g/mol. The maximum atomic E-state index is 11.5. The number of likely N-dealkylation sites (N-methyl/N-ethyl adjacent to an activating group) is 1. The van der Waals surface area contributed by atoms with Crippen LogP contribution in [0.4, 0.5) is 5.69 Å². The molecule has 1 amide bonds. The number of carbonyl (C=O) groups excluding carboxylic acids is 1. The third-order valence-corrected chi connectivity index (χ3v) is 2.59. The van der Waals surface area contributed by atoms with Gasteiger partial charge in [0.05, 0.1) is 30.2 Å². The van der Waals surface area contributed by atoms with E-state index in [0.29, 0.717) is 18.8 Å². The minimum atomic E-state index is -0.572. The number of anilines is 1. The van der Waals surface area contributed by atoms with Crippen molar-refractivity contribution in [2.45, 2.75) is 26.4 Å². The molecule has 0 fully saturated rings. The summed E-state index contributed by atoms with van der Waals surface area (Å²) in [6.45, 7) is 4.69. The van der Waals surface area contributed by atoms with Crippen molar-refractivity contribution in [3.8, 4) is 0 Å². The van der Waals surface area contributed by atoms with E-state index < -0.39 is 6.10 Å². The predicted molar refractivity (Wildman–Crippen MR) is 71.4 cm³/mol. The van der Waals surface area contributed by atoms with Crippen LogP contribution in [0.1, 0.15) is 32.1 Å². The Kier molecular flexibility index (Phi) is 5.58. The zero-order valence-electron chi connectivity index (χ0n) is 11.2. The van der Waals surface area contributed by atoms with Crippen LogP contribution in [0.3, 0.4) is 0 Å². The smallest absolute Gasteiger partial charge is 0.239 e. The third-order valence-electron chi connectivity index (χ3n) is 2.59. The zero-order chi connectivity index (χ0) is 13.5. The summed E-state index contributed by atoms with van der Waals surface area (Å²) in [5.41, 5.74) is 1.48. The second-order valence-corrected chi connectivity index (χ2v) is 4.32. The molecule has 5 nitrogen and oxygen atoms in total. The lowest BCUT2D eigenvalue weighted by atomic mass is 10.2. The first-order valence-corrected chi connectivity index (χ1v) is 6.16. The molecule has 0 aliphatic rings. The molecular formula is C13H21N3O2. The lowest BCUT2D eigenvalue weighted by Crippen LogP contribution is -2.35. The molecule has 2 N–H and O–H groups in total. The van der Waals surface area contributed by atoms with Crippen LogP contribution in [-0.2, 0) is 4.79 Å². The van der Waals surface area contributed by atoms with Gasteiger partial charge >= 0.3 is 0 Å². The van der Waals surface area contributed by atoms with E-state index in [2.05, 4.69) is 10.3 Å². The highest BCUT2D eigenvalue weighted by molar-refractivity contribution is 5.81. The van der Waals surface area contributed by atoms with E-state index in [0.717, 1.165) is 12.1 Å². The molecule has 1 heterocycles. The minimum Gasteiger partial charge on any atom is -0.387 e. The second kappa shape index (κ2) is 6.96. The van der Waals surface area contributed by atoms with Crippen LogP contribution >= 0.6 is 0 Å². The monoisotopic (exact) mass is 251 g/mol. The molecule has 1 unspecified atom stereocenters. The van der Waals surface area contributed by atoms with Crippen LogP contribution in [0.15, 0.2) is 18.3 Å². The number of amides is 1. The van der Waals surface area contributed by atoms with Crippen molar-refractivity contribution in [3.05, 3.63) is 24.0 Å². The van der Waals surface area contributed by atoms with E-state index in [9.17, 15) is 9.90 Å². The molecule has 0 aromatic carbocycles. The topological polar surface area (TPSA) is 65.5 Å². The van der Waals surface area contributed by atoms with E-state index in [-0.39, 0.29) is 5.91 Å². The Balaban J connectivity index is 2.56. The van der Waals surface area contributed by atoms with Gasteiger partial charge in [-0.25, -0.2) is 0 Å². The molecule has 0 saturated carbocycles. The summed E-state index contributed by atoms with van der Waals surface area (Å²) in [7, 11) is 1.84. The Labute approximate surface area is 108 Å². The van der Waals surface area contributed by atoms with Crippen molar-refractivity contribution < 1.29 is 9.90 Å². The Morgan fingerprint density at radius 2 is 2.28 bits per heavy atom. The lowest BCUT2D eigenvalue weighted by molar-refractivity contribution is -0.119. The average Bonchev–Trinajstić information content (AvgIpc) is 2.36. The maximum Gasteiger partial charge on any atom is 0.239 e. The highest BCUT2D eigenvalue weighted by Crippen LogP contribution is 2.14. The van der Waals surface area contributed by atoms with Gasteiger partial charge in [0.15, 0.2) is 0 Å². The number of hydrogen-bond donors (Lipinski definition) is 2. The molecule has 0 bridgehead atoms. The summed E-state index contributed by atoms with van der Waals surface area (Å²) in [5.74, 6) is -0.000970. The van der Waals surface area contributed by atoms with Crippen LogP contribution in [0.2, 0.25) is 0 Å². The number of hydrogen-bond acceptors (Lipinski definition) is 4. The lowest BCUT2D eigenvalue weighted by Gasteiger charge is -2.18. The van der Waals surface area contributed by atoms with Gasteiger partial charge in [0.2, 0.25) is 5.91 Å². The Morgan fingerprint density at radius 1 is 1.56 bits per heavy atom. The fraction of sp³-hybridized carbons (Fsp3) is 0.538. The molecule has 1 rings (SSSR count). The summed E-state index contributed by atoms with van der Waals surface area (Å²) >= 11 is 0. The van der Waals surface area contributed by atoms with Crippen molar-refractivity contribution >= 4 is 11.6 Å². The van der Waals surface area contributed by atoms with Crippen molar-refractivity contribution in [2.75, 3.05) is 25.0 Å². The number of rotatable bonds is 6. The third kappa shape index (κ3) is 4.33. The number of aromatic nitrogens is 1. The van der Waals surface area contributed by atoms with Gasteiger partial charge in [0, 0.05) is 13.6 Å². The first-order valence-electron chi connectivity index (χ1n) is 6.16. The largest absolute Gasteiger partial charge is 0.387 e. The zero-order valence-corrected chi connectivity index (χ0v) is 11.2. The van der Waals surface area contributed by atoms with E-state index in [1.807, 2.05) is 24.9 Å². The van der Waals surface area contributed by atoms with Crippen molar-refractivity contribution in [2.24, 2.45) is 0 Å². The number of pyridine rings is 1. The van der Waals surface area contributed by atoms with Crippen molar-refractivity contribution in [3.63, 3.8) is 0 Å². The first kappa shape index (κ1) is 14.4. The molecule has 18 heavy (non-hydrogen) atoms. The SMILES string of the molecule is CCCNC(=O)CN(C)c1ccc(C(C)O)nc1. The Morgan fingerprint density at radius 3 is 2.78 bits per heavy atom. The van der Waals surface area contributed by atoms with Crippen LogP contribution in [0.5, 0.6) is 0 Å². The summed E-state index contributed by atoms with van der Waals surface area (Å²) in [5, 5.41) is 12.2. The second-order valence-electron chi connectivity index (χ2n) is 4.32. The molecule has 1 atom stereocenters. The van der Waals surface area contributed by atoms with Gasteiger partial charge in [-0.15, -0.1) is 0 Å². The molecule has 0 saturated heterocycles. The maximum absolute atomic E-state index is 11.5. The molecule has 1 aromatic heterocycles.